The number of alkyl halides is 1. The molecule has 1 N–H and O–H groups in total. The minimum Gasteiger partial charge on any atom is -0.283 e. The fourth-order valence-electron chi connectivity index (χ4n) is 1.35. The number of nitrogens with one attached hydrogen (secondary N) is 1. The third-order valence-corrected chi connectivity index (χ3v) is 4.30. The smallest absolute Gasteiger partial charge is 0.232 e. The fourth-order valence-corrected chi connectivity index (χ4v) is 3.25. The van der Waals surface area contributed by atoms with E-state index in [4.69, 9.17) is 0 Å². The quantitative estimate of drug-likeness (QED) is 0.817. The molecule has 0 amide bonds. The summed E-state index contributed by atoms with van der Waals surface area (Å²) in [5.74, 6) is 0.555. The maximum atomic E-state index is 11.8. The van der Waals surface area contributed by atoms with E-state index < -0.39 is 10.0 Å². The highest BCUT2D eigenvalue weighted by Gasteiger charge is 2.12. The van der Waals surface area contributed by atoms with Gasteiger partial charge in [0.1, 0.15) is 0 Å². The highest BCUT2D eigenvalue weighted by atomic mass is 79.9. The van der Waals surface area contributed by atoms with Crippen molar-refractivity contribution in [2.75, 3.05) is 10.5 Å². The predicted molar refractivity (Wildman–Crippen MR) is 75.9 cm³/mol. The van der Waals surface area contributed by atoms with Crippen LogP contribution in [0.15, 0.2) is 24.3 Å². The van der Waals surface area contributed by atoms with E-state index in [1.165, 1.54) is 0 Å². The van der Waals surface area contributed by atoms with E-state index in [2.05, 4.69) is 20.7 Å². The van der Waals surface area contributed by atoms with Gasteiger partial charge in [0, 0.05) is 5.33 Å². The molecule has 0 aliphatic carbocycles. The predicted octanol–water partition coefficient (Wildman–Crippen LogP) is 3.37. The molecule has 96 valence electrons. The summed E-state index contributed by atoms with van der Waals surface area (Å²) in [4.78, 5) is 0. The van der Waals surface area contributed by atoms with E-state index in [0.717, 1.165) is 5.56 Å². The molecule has 1 aromatic rings. The average Bonchev–Trinajstić information content (AvgIpc) is 2.27. The van der Waals surface area contributed by atoms with Gasteiger partial charge in [0.05, 0.1) is 11.4 Å². The van der Waals surface area contributed by atoms with Gasteiger partial charge in [-0.1, -0.05) is 48.0 Å². The van der Waals surface area contributed by atoms with Crippen LogP contribution in [0.3, 0.4) is 0 Å². The summed E-state index contributed by atoms with van der Waals surface area (Å²) >= 11 is 3.34. The minimum absolute atomic E-state index is 0.168. The van der Waals surface area contributed by atoms with Crippen LogP contribution in [0.25, 0.3) is 0 Å². The molecule has 0 radical (unpaired) electrons. The SMILES string of the molecule is CC(C)CCS(=O)(=O)Nc1ccccc1CBr. The Morgan fingerprint density at radius 2 is 1.94 bits per heavy atom. The number of anilines is 1. The summed E-state index contributed by atoms with van der Waals surface area (Å²) < 4.78 is 26.3. The lowest BCUT2D eigenvalue weighted by molar-refractivity contribution is 0.578. The van der Waals surface area contributed by atoms with Gasteiger partial charge in [-0.2, -0.15) is 0 Å². The average molecular weight is 320 g/mol. The van der Waals surface area contributed by atoms with Crippen LogP contribution in [-0.2, 0) is 15.4 Å². The van der Waals surface area contributed by atoms with E-state index in [1.807, 2.05) is 32.0 Å². The molecule has 0 saturated heterocycles. The van der Waals surface area contributed by atoms with Crippen LogP contribution in [0.1, 0.15) is 25.8 Å². The zero-order valence-corrected chi connectivity index (χ0v) is 12.5. The van der Waals surface area contributed by atoms with Gasteiger partial charge in [-0.05, 0) is 24.0 Å². The number of para-hydroxylation sites is 1. The van der Waals surface area contributed by atoms with Gasteiger partial charge in [-0.25, -0.2) is 8.42 Å². The van der Waals surface area contributed by atoms with Crippen LogP contribution in [0, 0.1) is 5.92 Å². The summed E-state index contributed by atoms with van der Waals surface area (Å²) in [6.45, 7) is 4.03. The monoisotopic (exact) mass is 319 g/mol. The van der Waals surface area contributed by atoms with Crippen molar-refractivity contribution in [3.05, 3.63) is 29.8 Å². The Labute approximate surface area is 112 Å². The first-order chi connectivity index (χ1) is 7.94. The number of sulfonamides is 1. The van der Waals surface area contributed by atoms with Gasteiger partial charge in [0.15, 0.2) is 0 Å². The van der Waals surface area contributed by atoms with Crippen molar-refractivity contribution in [3.63, 3.8) is 0 Å². The van der Waals surface area contributed by atoms with Crippen molar-refractivity contribution in [2.24, 2.45) is 5.92 Å². The highest BCUT2D eigenvalue weighted by molar-refractivity contribution is 9.08. The van der Waals surface area contributed by atoms with Gasteiger partial charge in [-0.3, -0.25) is 4.72 Å². The summed E-state index contributed by atoms with van der Waals surface area (Å²) in [7, 11) is -3.23. The van der Waals surface area contributed by atoms with Crippen molar-refractivity contribution in [3.8, 4) is 0 Å². The second-order valence-corrected chi connectivity index (χ2v) is 6.80. The summed E-state index contributed by atoms with van der Waals surface area (Å²) in [5.41, 5.74) is 1.61. The molecule has 0 bridgehead atoms. The van der Waals surface area contributed by atoms with Gasteiger partial charge in [-0.15, -0.1) is 0 Å². The second-order valence-electron chi connectivity index (χ2n) is 4.39. The fraction of sp³-hybridized carbons (Fsp3) is 0.500. The number of halogens is 1. The molecule has 0 aliphatic heterocycles. The third kappa shape index (κ3) is 5.08. The molecule has 0 aromatic heterocycles. The van der Waals surface area contributed by atoms with Crippen molar-refractivity contribution in [1.29, 1.82) is 0 Å². The number of hydrogen-bond acceptors (Lipinski definition) is 2. The molecule has 0 saturated carbocycles. The molecular formula is C12H18BrNO2S. The Morgan fingerprint density at radius 3 is 2.53 bits per heavy atom. The summed E-state index contributed by atoms with van der Waals surface area (Å²) in [5, 5.41) is 0.635. The van der Waals surface area contributed by atoms with Crippen LogP contribution in [-0.4, -0.2) is 14.2 Å². The van der Waals surface area contributed by atoms with E-state index in [1.54, 1.807) is 6.07 Å². The van der Waals surface area contributed by atoms with Crippen molar-refractivity contribution >= 4 is 31.6 Å². The molecule has 0 atom stereocenters. The Balaban J connectivity index is 2.76. The normalized spacial score (nSPS) is 11.8. The molecule has 17 heavy (non-hydrogen) atoms. The minimum atomic E-state index is -3.23. The molecular weight excluding hydrogens is 302 g/mol. The molecule has 5 heteroatoms. The molecule has 0 heterocycles. The zero-order chi connectivity index (χ0) is 12.9. The first-order valence-corrected chi connectivity index (χ1v) is 8.36. The lowest BCUT2D eigenvalue weighted by atomic mass is 10.2. The van der Waals surface area contributed by atoms with Gasteiger partial charge < -0.3 is 0 Å². The molecule has 1 rings (SSSR count). The first kappa shape index (κ1) is 14.5. The Hall–Kier alpha value is -0.550. The molecule has 3 nitrogen and oxygen atoms in total. The molecule has 0 fully saturated rings. The third-order valence-electron chi connectivity index (χ3n) is 2.39. The largest absolute Gasteiger partial charge is 0.283 e. The highest BCUT2D eigenvalue weighted by Crippen LogP contribution is 2.19. The summed E-state index contributed by atoms with van der Waals surface area (Å²) in [6, 6.07) is 7.40. The van der Waals surface area contributed by atoms with E-state index >= 15 is 0 Å². The number of rotatable bonds is 6. The van der Waals surface area contributed by atoms with Crippen molar-refractivity contribution in [1.82, 2.24) is 0 Å². The molecule has 0 aliphatic rings. The van der Waals surface area contributed by atoms with Crippen LogP contribution in [0.5, 0.6) is 0 Å². The van der Waals surface area contributed by atoms with E-state index in [-0.39, 0.29) is 5.75 Å². The maximum Gasteiger partial charge on any atom is 0.232 e. The lowest BCUT2D eigenvalue weighted by Crippen LogP contribution is -2.18. The van der Waals surface area contributed by atoms with Crippen LogP contribution in [0.4, 0.5) is 5.69 Å². The van der Waals surface area contributed by atoms with Crippen LogP contribution >= 0.6 is 15.9 Å². The van der Waals surface area contributed by atoms with Crippen LogP contribution < -0.4 is 4.72 Å². The Morgan fingerprint density at radius 1 is 1.29 bits per heavy atom. The topological polar surface area (TPSA) is 46.2 Å². The van der Waals surface area contributed by atoms with E-state index in [0.29, 0.717) is 23.4 Å². The van der Waals surface area contributed by atoms with Crippen molar-refractivity contribution < 1.29 is 8.42 Å². The molecule has 0 spiro atoms. The zero-order valence-electron chi connectivity index (χ0n) is 10.1. The maximum absolute atomic E-state index is 11.8. The van der Waals surface area contributed by atoms with Gasteiger partial charge in [0.2, 0.25) is 10.0 Å². The standard InChI is InChI=1S/C12H18BrNO2S/c1-10(2)7-8-17(15,16)14-12-6-4-3-5-11(12)9-13/h3-6,10,14H,7-9H2,1-2H3. The molecule has 1 aromatic carbocycles. The lowest BCUT2D eigenvalue weighted by Gasteiger charge is -2.12. The summed E-state index contributed by atoms with van der Waals surface area (Å²) in [6.07, 6.45) is 0.672. The van der Waals surface area contributed by atoms with E-state index in [9.17, 15) is 8.42 Å². The number of hydrogen-bond donors (Lipinski definition) is 1. The van der Waals surface area contributed by atoms with Crippen molar-refractivity contribution in [2.45, 2.75) is 25.6 Å². The van der Waals surface area contributed by atoms with Gasteiger partial charge >= 0.3 is 0 Å². The number of benzene rings is 1. The van der Waals surface area contributed by atoms with Gasteiger partial charge in [0.25, 0.3) is 0 Å². The van der Waals surface area contributed by atoms with Crippen LogP contribution in [0.2, 0.25) is 0 Å². The second kappa shape index (κ2) is 6.40. The Kier molecular flexibility index (Phi) is 5.46. The Bertz CT molecular complexity index is 457. The first-order valence-electron chi connectivity index (χ1n) is 5.59. The molecule has 0 unspecified atom stereocenters.